The van der Waals surface area contributed by atoms with Gasteiger partial charge in [-0.25, -0.2) is 0 Å². The van der Waals surface area contributed by atoms with E-state index in [1.54, 1.807) is 0 Å². The summed E-state index contributed by atoms with van der Waals surface area (Å²) in [6, 6.07) is 21.5. The van der Waals surface area contributed by atoms with Crippen molar-refractivity contribution in [2.24, 2.45) is 0 Å². The number of allylic oxidation sites excluding steroid dienone is 3. The van der Waals surface area contributed by atoms with Crippen molar-refractivity contribution in [1.29, 1.82) is 0 Å². The number of benzene rings is 2. The summed E-state index contributed by atoms with van der Waals surface area (Å²) in [7, 11) is 0. The first-order valence-corrected chi connectivity index (χ1v) is 9.13. The fourth-order valence-electron chi connectivity index (χ4n) is 3.25. The highest BCUT2D eigenvalue weighted by Gasteiger charge is 2.09. The van der Waals surface area contributed by atoms with Gasteiger partial charge in [-0.3, -0.25) is 0 Å². The monoisotopic (exact) mass is 314 g/mol. The van der Waals surface area contributed by atoms with E-state index in [1.165, 1.54) is 48.0 Å². The van der Waals surface area contributed by atoms with Crippen LogP contribution in [-0.2, 0) is 12.8 Å². The van der Waals surface area contributed by atoms with Gasteiger partial charge in [-0.15, -0.1) is 5.73 Å². The Morgan fingerprint density at radius 3 is 2.25 bits per heavy atom. The quantitative estimate of drug-likeness (QED) is 0.538. The van der Waals surface area contributed by atoms with Crippen LogP contribution in [0, 0.1) is 0 Å². The summed E-state index contributed by atoms with van der Waals surface area (Å²) in [6.45, 7) is 0. The third-order valence-corrected chi connectivity index (χ3v) is 4.60. The molecule has 0 spiro atoms. The Hall–Kier alpha value is -2.30. The van der Waals surface area contributed by atoms with Crippen molar-refractivity contribution in [3.05, 3.63) is 101 Å². The van der Waals surface area contributed by atoms with Crippen LogP contribution in [0.4, 0.5) is 0 Å². The van der Waals surface area contributed by atoms with Crippen molar-refractivity contribution >= 4 is 0 Å². The minimum atomic E-state index is 0.995. The van der Waals surface area contributed by atoms with Crippen LogP contribution in [-0.4, -0.2) is 0 Å². The molecule has 0 saturated heterocycles. The Bertz CT molecular complexity index is 713. The average Bonchev–Trinajstić information content (AvgIpc) is 2.66. The van der Waals surface area contributed by atoms with E-state index < -0.39 is 0 Å². The fraction of sp³-hybridized carbons (Fsp3) is 0.292. The third-order valence-electron chi connectivity index (χ3n) is 4.60. The number of aryl methyl sites for hydroxylation is 1. The van der Waals surface area contributed by atoms with Gasteiger partial charge < -0.3 is 0 Å². The molecule has 0 unspecified atom stereocenters. The summed E-state index contributed by atoms with van der Waals surface area (Å²) in [5.74, 6) is 0. The zero-order valence-corrected chi connectivity index (χ0v) is 14.4. The molecule has 122 valence electrons. The van der Waals surface area contributed by atoms with Crippen molar-refractivity contribution in [3.63, 3.8) is 0 Å². The molecule has 0 saturated carbocycles. The largest absolute Gasteiger partial charge is 0.121 e. The molecular formula is C24H26. The van der Waals surface area contributed by atoms with E-state index >= 15 is 0 Å². The normalized spacial score (nSPS) is 13.8. The molecule has 0 amide bonds. The molecule has 0 aromatic heterocycles. The predicted octanol–water partition coefficient (Wildman–Crippen LogP) is 6.44. The second-order valence-corrected chi connectivity index (χ2v) is 6.49. The van der Waals surface area contributed by atoms with Crippen molar-refractivity contribution in [3.8, 4) is 0 Å². The first kappa shape index (κ1) is 16.6. The lowest BCUT2D eigenvalue weighted by atomic mass is 9.90. The lowest BCUT2D eigenvalue weighted by Gasteiger charge is -2.15. The standard InChI is InChI=1S/C24H26/c1-4-12-21(13-5-1)14-10-11-19-24(23-17-8-3-9-18-23)20-22-15-6-2-7-16-22/h1-2,4-7,11-13,15-17H,3,8-10,14,18,20H2. The van der Waals surface area contributed by atoms with E-state index in [1.807, 2.05) is 0 Å². The van der Waals surface area contributed by atoms with Crippen molar-refractivity contribution in [2.75, 3.05) is 0 Å². The molecule has 1 aliphatic rings. The zero-order chi connectivity index (χ0) is 16.5. The van der Waals surface area contributed by atoms with Crippen LogP contribution >= 0.6 is 0 Å². The molecule has 0 N–H and O–H groups in total. The van der Waals surface area contributed by atoms with Crippen LogP contribution in [0.3, 0.4) is 0 Å². The highest BCUT2D eigenvalue weighted by molar-refractivity contribution is 5.36. The summed E-state index contributed by atoms with van der Waals surface area (Å²) in [5, 5.41) is 0. The fourth-order valence-corrected chi connectivity index (χ4v) is 3.25. The molecule has 0 radical (unpaired) electrons. The minimum Gasteiger partial charge on any atom is -0.121 e. The van der Waals surface area contributed by atoms with Gasteiger partial charge in [-0.1, -0.05) is 66.7 Å². The Labute approximate surface area is 146 Å². The molecule has 0 aliphatic heterocycles. The molecule has 3 rings (SSSR count). The van der Waals surface area contributed by atoms with Crippen molar-refractivity contribution < 1.29 is 0 Å². The summed E-state index contributed by atoms with van der Waals surface area (Å²) in [5.41, 5.74) is 9.31. The molecule has 0 nitrogen and oxygen atoms in total. The maximum absolute atomic E-state index is 3.63. The average molecular weight is 314 g/mol. The first-order valence-electron chi connectivity index (χ1n) is 9.13. The Balaban J connectivity index is 1.73. The molecule has 24 heavy (non-hydrogen) atoms. The van der Waals surface area contributed by atoms with Gasteiger partial charge in [0.2, 0.25) is 0 Å². The van der Waals surface area contributed by atoms with Crippen molar-refractivity contribution in [1.82, 2.24) is 0 Å². The lowest BCUT2D eigenvalue weighted by Crippen LogP contribution is -1.98. The second kappa shape index (κ2) is 9.11. The van der Waals surface area contributed by atoms with E-state index in [2.05, 4.69) is 78.5 Å². The van der Waals surface area contributed by atoms with E-state index in [0.29, 0.717) is 0 Å². The second-order valence-electron chi connectivity index (χ2n) is 6.49. The Morgan fingerprint density at radius 2 is 1.58 bits per heavy atom. The molecular weight excluding hydrogens is 288 g/mol. The highest BCUT2D eigenvalue weighted by atomic mass is 14.1. The Morgan fingerprint density at radius 1 is 0.875 bits per heavy atom. The number of hydrogen-bond acceptors (Lipinski definition) is 0. The third kappa shape index (κ3) is 5.11. The van der Waals surface area contributed by atoms with Crippen LogP contribution in [0.15, 0.2) is 89.7 Å². The van der Waals surface area contributed by atoms with Gasteiger partial charge in [0.05, 0.1) is 0 Å². The Kier molecular flexibility index (Phi) is 6.28. The van der Waals surface area contributed by atoms with Crippen LogP contribution in [0.1, 0.15) is 43.2 Å². The molecule has 2 aromatic carbocycles. The molecule has 0 atom stereocenters. The molecule has 0 bridgehead atoms. The van der Waals surface area contributed by atoms with Crippen molar-refractivity contribution in [2.45, 2.75) is 44.9 Å². The van der Waals surface area contributed by atoms with E-state index in [-0.39, 0.29) is 0 Å². The zero-order valence-electron chi connectivity index (χ0n) is 14.4. The molecule has 0 heteroatoms. The van der Waals surface area contributed by atoms with Crippen LogP contribution in [0.5, 0.6) is 0 Å². The number of rotatable bonds is 6. The van der Waals surface area contributed by atoms with Gasteiger partial charge >= 0.3 is 0 Å². The maximum Gasteiger partial charge on any atom is 0.00504 e. The molecule has 0 heterocycles. The van der Waals surface area contributed by atoms with Crippen LogP contribution in [0.25, 0.3) is 0 Å². The van der Waals surface area contributed by atoms with Gasteiger partial charge in [0.25, 0.3) is 0 Å². The van der Waals surface area contributed by atoms with Gasteiger partial charge in [0.15, 0.2) is 0 Å². The predicted molar refractivity (Wildman–Crippen MR) is 103 cm³/mol. The van der Waals surface area contributed by atoms with E-state index in [4.69, 9.17) is 0 Å². The molecule has 0 fully saturated rings. The maximum atomic E-state index is 3.63. The van der Waals surface area contributed by atoms with Gasteiger partial charge in [0.1, 0.15) is 0 Å². The first-order chi connectivity index (χ1) is 11.9. The summed E-state index contributed by atoms with van der Waals surface area (Å²) < 4.78 is 0. The summed E-state index contributed by atoms with van der Waals surface area (Å²) in [4.78, 5) is 0. The van der Waals surface area contributed by atoms with Gasteiger partial charge in [0, 0.05) is 12.0 Å². The minimum absolute atomic E-state index is 0.995. The SMILES string of the molecule is C(=CCCc1ccccc1)=C(Cc1ccccc1)C1=CCCCC1. The van der Waals surface area contributed by atoms with E-state index in [9.17, 15) is 0 Å². The smallest absolute Gasteiger partial charge is 0.00504 e. The highest BCUT2D eigenvalue weighted by Crippen LogP contribution is 2.25. The summed E-state index contributed by atoms with van der Waals surface area (Å²) >= 11 is 0. The van der Waals surface area contributed by atoms with Crippen LogP contribution in [0.2, 0.25) is 0 Å². The topological polar surface area (TPSA) is 0 Å². The van der Waals surface area contributed by atoms with Crippen LogP contribution < -0.4 is 0 Å². The lowest BCUT2D eigenvalue weighted by molar-refractivity contribution is 0.703. The number of hydrogen-bond donors (Lipinski definition) is 0. The van der Waals surface area contributed by atoms with Gasteiger partial charge in [-0.2, -0.15) is 0 Å². The molecule has 2 aromatic rings. The molecule has 1 aliphatic carbocycles. The van der Waals surface area contributed by atoms with E-state index in [0.717, 1.165) is 19.3 Å². The van der Waals surface area contributed by atoms with Gasteiger partial charge in [-0.05, 0) is 61.3 Å². The summed E-state index contributed by atoms with van der Waals surface area (Å²) in [6.07, 6.45) is 12.9.